The molecule has 14 nitrogen and oxygen atoms in total. The summed E-state index contributed by atoms with van der Waals surface area (Å²) in [5, 5.41) is 66.9. The van der Waals surface area contributed by atoms with Gasteiger partial charge in [0.25, 0.3) is 0 Å². The molecule has 3 saturated heterocycles. The fourth-order valence-electron chi connectivity index (χ4n) is 12.8. The Hall–Kier alpha value is -1.27. The van der Waals surface area contributed by atoms with Crippen molar-refractivity contribution in [2.45, 2.75) is 197 Å². The lowest BCUT2D eigenvalue weighted by Gasteiger charge is -2.65. The number of cyclic esters (lactones) is 1. The van der Waals surface area contributed by atoms with Crippen molar-refractivity contribution < 1.29 is 68.6 Å². The second-order valence-electron chi connectivity index (χ2n) is 18.8. The van der Waals surface area contributed by atoms with Crippen LogP contribution in [0.2, 0.25) is 0 Å². The maximum absolute atomic E-state index is 12.6. The Morgan fingerprint density at radius 1 is 0.691 bits per heavy atom. The van der Waals surface area contributed by atoms with Crippen molar-refractivity contribution in [1.82, 2.24) is 0 Å². The number of hydrogen-bond donors (Lipinski definition) is 6. The van der Waals surface area contributed by atoms with Gasteiger partial charge in [0.15, 0.2) is 18.9 Å². The second-order valence-corrected chi connectivity index (χ2v) is 18.8. The number of hydrogen-bond acceptors (Lipinski definition) is 14. The van der Waals surface area contributed by atoms with Gasteiger partial charge in [0.2, 0.25) is 0 Å². The van der Waals surface area contributed by atoms with Crippen molar-refractivity contribution in [3.05, 3.63) is 11.6 Å². The molecule has 6 N–H and O–H groups in total. The highest BCUT2D eigenvalue weighted by Crippen LogP contribution is 2.70. The van der Waals surface area contributed by atoms with Crippen molar-refractivity contribution >= 4 is 5.97 Å². The van der Waals surface area contributed by atoms with Gasteiger partial charge in [-0.2, -0.15) is 0 Å². The molecule has 0 radical (unpaired) electrons. The molecule has 0 unspecified atom stereocenters. The molecule has 0 bridgehead atoms. The van der Waals surface area contributed by atoms with Crippen LogP contribution in [0.25, 0.3) is 0 Å². The Labute approximate surface area is 323 Å². The smallest absolute Gasteiger partial charge is 0.331 e. The second kappa shape index (κ2) is 15.1. The fraction of sp³-hybridized carbons (Fsp3) is 0.927. The lowest BCUT2D eigenvalue weighted by atomic mass is 9.42. The third-order valence-corrected chi connectivity index (χ3v) is 16.0. The molecule has 0 amide bonds. The van der Waals surface area contributed by atoms with Crippen LogP contribution in [0.5, 0.6) is 0 Å². The van der Waals surface area contributed by atoms with Crippen molar-refractivity contribution in [2.24, 2.45) is 34.5 Å². The summed E-state index contributed by atoms with van der Waals surface area (Å²) in [6.45, 7) is 9.90. The van der Waals surface area contributed by atoms with Gasteiger partial charge < -0.3 is 63.8 Å². The molecule has 4 aliphatic carbocycles. The summed E-state index contributed by atoms with van der Waals surface area (Å²) in [6, 6.07) is 0. The molecule has 55 heavy (non-hydrogen) atoms. The molecule has 0 aromatic carbocycles. The Kier molecular flexibility index (Phi) is 11.1. The third-order valence-electron chi connectivity index (χ3n) is 16.0. The number of carbonyl (C=O) groups is 1. The predicted molar refractivity (Wildman–Crippen MR) is 193 cm³/mol. The quantitative estimate of drug-likeness (QED) is 0.162. The van der Waals surface area contributed by atoms with Crippen LogP contribution >= 0.6 is 0 Å². The van der Waals surface area contributed by atoms with Crippen LogP contribution in [-0.2, 0) is 38.0 Å². The Balaban J connectivity index is 0.837. The van der Waals surface area contributed by atoms with Gasteiger partial charge >= 0.3 is 5.97 Å². The molecule has 312 valence electrons. The number of carbonyl (C=O) groups excluding carboxylic acids is 1. The van der Waals surface area contributed by atoms with Crippen molar-refractivity contribution in [3.63, 3.8) is 0 Å². The van der Waals surface area contributed by atoms with Gasteiger partial charge in [-0.1, -0.05) is 13.8 Å². The standard InChI is InChI=1S/C41H64O14/c1-19-36(47)28(42)15-34(50-19)54-38-21(3)52-35(17-30(38)44)55-37-20(2)51-33(16-29(37)43)53-24-8-10-39(4)23(13-24)6-7-26-27(39)14-31(45)40(5)25(9-11-41(26,40)48)22-12-32(46)49-18-22/h12,19-21,23-31,33-38,42-45,47-48H,6-11,13-18H2,1-5H3/t19-,20-,21-,23-,24+,25-,26-,27+,28+,29+,30+,31-,33+,34+,35+,36-,37+,38-,39+,40+,41+/m1/s1. The van der Waals surface area contributed by atoms with E-state index in [-0.39, 0.29) is 61.1 Å². The molecule has 4 aliphatic heterocycles. The zero-order chi connectivity index (χ0) is 39.2. The van der Waals surface area contributed by atoms with Gasteiger partial charge in [0.05, 0.1) is 54.4 Å². The maximum atomic E-state index is 12.6. The zero-order valence-electron chi connectivity index (χ0n) is 32.9. The summed E-state index contributed by atoms with van der Waals surface area (Å²) in [5.41, 5.74) is -0.892. The van der Waals surface area contributed by atoms with Gasteiger partial charge in [0.1, 0.15) is 24.9 Å². The average Bonchev–Trinajstić information content (AvgIpc) is 3.67. The lowest BCUT2D eigenvalue weighted by molar-refractivity contribution is -0.336. The van der Waals surface area contributed by atoms with Gasteiger partial charge in [-0.05, 0) is 107 Å². The van der Waals surface area contributed by atoms with Crippen LogP contribution in [0.4, 0.5) is 0 Å². The SMILES string of the molecule is C[C@H]1O[C@@H](O[C@H]2[C@@H](O)C[C@H](O[C@@H]3[C@@H](O)C[C@H](O[C@H]4CC[C@@]5(C)[C@H](CC[C@@H]6[C@@H]5C[C@@H](O)[C@]5(C)[C@@H](C7=CC(=O)OC7)CC[C@]65O)C4)O[C@@H]3C)O[C@@H]2C)C[C@H](O)[C@@H]1O. The van der Waals surface area contributed by atoms with E-state index in [1.165, 1.54) is 0 Å². The average molecular weight is 781 g/mol. The molecule has 21 atom stereocenters. The first kappa shape index (κ1) is 40.5. The number of ether oxygens (including phenoxy) is 7. The normalized spacial score (nSPS) is 55.5. The molecule has 4 saturated carbocycles. The maximum Gasteiger partial charge on any atom is 0.331 e. The van der Waals surface area contributed by atoms with E-state index >= 15 is 0 Å². The summed E-state index contributed by atoms with van der Waals surface area (Å²) in [6.07, 6.45) is -1.51. The summed E-state index contributed by atoms with van der Waals surface area (Å²) in [5.74, 6) is 0.204. The number of esters is 1. The van der Waals surface area contributed by atoms with E-state index in [1.54, 1.807) is 19.9 Å². The number of aliphatic hydroxyl groups is 6. The zero-order valence-corrected chi connectivity index (χ0v) is 32.9. The van der Waals surface area contributed by atoms with Crippen molar-refractivity contribution in [3.8, 4) is 0 Å². The van der Waals surface area contributed by atoms with E-state index in [4.69, 9.17) is 33.2 Å². The molecule has 14 heteroatoms. The van der Waals surface area contributed by atoms with E-state index in [9.17, 15) is 35.4 Å². The first-order valence-corrected chi connectivity index (χ1v) is 20.9. The first-order valence-electron chi connectivity index (χ1n) is 20.9. The lowest BCUT2D eigenvalue weighted by Crippen LogP contribution is -2.67. The van der Waals surface area contributed by atoms with Crippen LogP contribution in [0.15, 0.2) is 11.6 Å². The molecule has 0 spiro atoms. The summed E-state index contributed by atoms with van der Waals surface area (Å²) in [7, 11) is 0. The summed E-state index contributed by atoms with van der Waals surface area (Å²) < 4.78 is 42.1. The molecular weight excluding hydrogens is 716 g/mol. The van der Waals surface area contributed by atoms with E-state index in [0.29, 0.717) is 18.8 Å². The molecular formula is C41H64O14. The highest BCUT2D eigenvalue weighted by atomic mass is 16.7. The van der Waals surface area contributed by atoms with Crippen molar-refractivity contribution in [2.75, 3.05) is 6.61 Å². The fourth-order valence-corrected chi connectivity index (χ4v) is 12.8. The van der Waals surface area contributed by atoms with Crippen LogP contribution in [0.3, 0.4) is 0 Å². The van der Waals surface area contributed by atoms with Gasteiger partial charge in [-0.3, -0.25) is 0 Å². The monoisotopic (exact) mass is 780 g/mol. The topological polar surface area (TPSA) is 203 Å². The number of rotatable bonds is 7. The molecule has 0 aromatic heterocycles. The molecule has 4 heterocycles. The number of aliphatic hydroxyl groups excluding tert-OH is 5. The van der Waals surface area contributed by atoms with Gasteiger partial charge in [-0.25, -0.2) is 4.79 Å². The largest absolute Gasteiger partial charge is 0.458 e. The van der Waals surface area contributed by atoms with E-state index in [2.05, 4.69) is 6.92 Å². The molecule has 8 aliphatic rings. The van der Waals surface area contributed by atoms with Crippen LogP contribution in [0, 0.1) is 34.5 Å². The highest BCUT2D eigenvalue weighted by molar-refractivity contribution is 5.85. The minimum atomic E-state index is -1.01. The predicted octanol–water partition coefficient (Wildman–Crippen LogP) is 2.22. The summed E-state index contributed by atoms with van der Waals surface area (Å²) in [4.78, 5) is 11.9. The molecule has 0 aromatic rings. The Morgan fingerprint density at radius 2 is 1.29 bits per heavy atom. The molecule has 8 rings (SSSR count). The molecule has 7 fully saturated rings. The van der Waals surface area contributed by atoms with Crippen LogP contribution in [-0.4, -0.2) is 135 Å². The van der Waals surface area contributed by atoms with E-state index in [1.807, 2.05) is 13.8 Å². The van der Waals surface area contributed by atoms with E-state index in [0.717, 1.165) is 44.1 Å². The Morgan fingerprint density at radius 3 is 1.87 bits per heavy atom. The Bertz CT molecular complexity index is 1410. The van der Waals surface area contributed by atoms with Crippen molar-refractivity contribution in [1.29, 1.82) is 0 Å². The highest BCUT2D eigenvalue weighted by Gasteiger charge is 2.71. The third kappa shape index (κ3) is 6.95. The minimum Gasteiger partial charge on any atom is -0.458 e. The summed E-state index contributed by atoms with van der Waals surface area (Å²) >= 11 is 0. The van der Waals surface area contributed by atoms with Crippen LogP contribution < -0.4 is 0 Å². The minimum absolute atomic E-state index is 0.0452. The van der Waals surface area contributed by atoms with Gasteiger partial charge in [-0.15, -0.1) is 0 Å². The van der Waals surface area contributed by atoms with E-state index < -0.39 is 90.9 Å². The van der Waals surface area contributed by atoms with Gasteiger partial charge in [0, 0.05) is 30.8 Å². The number of fused-ring (bicyclic) bond motifs is 5. The van der Waals surface area contributed by atoms with Crippen LogP contribution in [0.1, 0.15) is 105 Å². The first-order chi connectivity index (χ1) is 26.0.